The van der Waals surface area contributed by atoms with Gasteiger partial charge in [-0.05, 0) is 43.0 Å². The van der Waals surface area contributed by atoms with Crippen molar-refractivity contribution in [2.24, 2.45) is 11.1 Å². The number of rotatable bonds is 4. The largest absolute Gasteiger partial charge is 0.341 e. The number of likely N-dealkylation sites (tertiary alicyclic amines) is 1. The number of imide groups is 1. The summed E-state index contributed by atoms with van der Waals surface area (Å²) in [6, 6.07) is 4.73. The normalized spacial score (nSPS) is 28.6. The van der Waals surface area contributed by atoms with Crippen LogP contribution in [0.25, 0.3) is 0 Å². The van der Waals surface area contributed by atoms with E-state index in [1.165, 1.54) is 24.3 Å². The predicted molar refractivity (Wildman–Crippen MR) is 92.4 cm³/mol. The summed E-state index contributed by atoms with van der Waals surface area (Å²) in [7, 11) is 0. The fourth-order valence-corrected chi connectivity index (χ4v) is 3.46. The molecule has 2 heterocycles. The van der Waals surface area contributed by atoms with Crippen LogP contribution in [-0.4, -0.2) is 53.8 Å². The number of carbonyl (C=O) groups is 3. The number of urea groups is 1. The monoisotopic (exact) mass is 362 g/mol. The van der Waals surface area contributed by atoms with Gasteiger partial charge >= 0.3 is 6.03 Å². The fourth-order valence-electron chi connectivity index (χ4n) is 3.46. The molecule has 2 aliphatic rings. The Labute approximate surface area is 151 Å². The maximum Gasteiger partial charge on any atom is 0.325 e. The van der Waals surface area contributed by atoms with Crippen LogP contribution in [0.1, 0.15) is 25.8 Å². The van der Waals surface area contributed by atoms with Crippen molar-refractivity contribution in [2.75, 3.05) is 26.2 Å². The fraction of sp³-hybridized carbons (Fsp3) is 0.500. The van der Waals surface area contributed by atoms with Gasteiger partial charge in [0.2, 0.25) is 5.91 Å². The average Bonchev–Trinajstić information content (AvgIpc) is 3.10. The second kappa shape index (κ2) is 6.35. The molecule has 2 saturated heterocycles. The van der Waals surface area contributed by atoms with Gasteiger partial charge in [0.15, 0.2) is 0 Å². The minimum absolute atomic E-state index is 0.129. The van der Waals surface area contributed by atoms with Crippen LogP contribution in [0.5, 0.6) is 0 Å². The van der Waals surface area contributed by atoms with Gasteiger partial charge in [-0.2, -0.15) is 0 Å². The van der Waals surface area contributed by atoms with Gasteiger partial charge in [-0.25, -0.2) is 9.18 Å². The molecule has 2 fully saturated rings. The number of amides is 4. The number of hydrogen-bond acceptors (Lipinski definition) is 4. The number of benzene rings is 1. The number of carbonyl (C=O) groups excluding carboxylic acids is 3. The Kier molecular flexibility index (Phi) is 4.47. The van der Waals surface area contributed by atoms with Crippen molar-refractivity contribution in [1.82, 2.24) is 15.1 Å². The van der Waals surface area contributed by atoms with Crippen LogP contribution in [-0.2, 0) is 15.1 Å². The van der Waals surface area contributed by atoms with Crippen molar-refractivity contribution in [3.8, 4) is 0 Å². The summed E-state index contributed by atoms with van der Waals surface area (Å²) in [4.78, 5) is 40.2. The van der Waals surface area contributed by atoms with Gasteiger partial charge in [0.1, 0.15) is 17.9 Å². The summed E-state index contributed by atoms with van der Waals surface area (Å²) in [5.41, 5.74) is 4.77. The van der Waals surface area contributed by atoms with Gasteiger partial charge in [-0.1, -0.05) is 19.1 Å². The lowest BCUT2D eigenvalue weighted by atomic mass is 9.90. The second-order valence-electron chi connectivity index (χ2n) is 7.53. The molecular weight excluding hydrogens is 339 g/mol. The molecule has 8 heteroatoms. The van der Waals surface area contributed by atoms with E-state index in [1.807, 2.05) is 6.92 Å². The third kappa shape index (κ3) is 3.05. The van der Waals surface area contributed by atoms with Gasteiger partial charge in [0, 0.05) is 13.1 Å². The SMILES string of the molecule is CC1(CN)CCN(C(=O)CN2C(=O)NC(C)(c3ccc(F)cc3)C2=O)C1. The van der Waals surface area contributed by atoms with Crippen LogP contribution in [0.3, 0.4) is 0 Å². The van der Waals surface area contributed by atoms with Gasteiger partial charge in [-0.15, -0.1) is 0 Å². The van der Waals surface area contributed by atoms with E-state index in [4.69, 9.17) is 5.73 Å². The Morgan fingerprint density at radius 2 is 1.92 bits per heavy atom. The van der Waals surface area contributed by atoms with Crippen molar-refractivity contribution in [3.63, 3.8) is 0 Å². The van der Waals surface area contributed by atoms with Crippen LogP contribution in [0.4, 0.5) is 9.18 Å². The summed E-state index contributed by atoms with van der Waals surface area (Å²) < 4.78 is 13.1. The summed E-state index contributed by atoms with van der Waals surface area (Å²) in [5, 5.41) is 2.61. The van der Waals surface area contributed by atoms with Crippen molar-refractivity contribution in [3.05, 3.63) is 35.6 Å². The lowest BCUT2D eigenvalue weighted by molar-refractivity contribution is -0.138. The molecule has 0 bridgehead atoms. The summed E-state index contributed by atoms with van der Waals surface area (Å²) in [5.74, 6) is -1.24. The molecule has 0 saturated carbocycles. The molecule has 0 radical (unpaired) electrons. The Bertz CT molecular complexity index is 753. The lowest BCUT2D eigenvalue weighted by Crippen LogP contribution is -2.44. The summed E-state index contributed by atoms with van der Waals surface area (Å²) in [6.07, 6.45) is 0.794. The Morgan fingerprint density at radius 1 is 1.27 bits per heavy atom. The molecule has 3 N–H and O–H groups in total. The predicted octanol–water partition coefficient (Wildman–Crippen LogP) is 0.790. The van der Waals surface area contributed by atoms with Crippen LogP contribution in [0, 0.1) is 11.2 Å². The zero-order chi connectivity index (χ0) is 19.1. The highest BCUT2D eigenvalue weighted by atomic mass is 19.1. The Balaban J connectivity index is 1.73. The van der Waals surface area contributed by atoms with Crippen molar-refractivity contribution in [1.29, 1.82) is 0 Å². The van der Waals surface area contributed by atoms with Crippen molar-refractivity contribution in [2.45, 2.75) is 25.8 Å². The van der Waals surface area contributed by atoms with Gasteiger partial charge < -0.3 is 16.0 Å². The maximum atomic E-state index is 13.1. The molecule has 3 rings (SSSR count). The van der Waals surface area contributed by atoms with Crippen molar-refractivity contribution >= 4 is 17.8 Å². The van der Waals surface area contributed by atoms with E-state index < -0.39 is 23.3 Å². The molecule has 2 aliphatic heterocycles. The van der Waals surface area contributed by atoms with E-state index in [0.29, 0.717) is 25.2 Å². The molecule has 1 aromatic carbocycles. The zero-order valence-electron chi connectivity index (χ0n) is 14.9. The minimum Gasteiger partial charge on any atom is -0.341 e. The third-order valence-electron chi connectivity index (χ3n) is 5.39. The van der Waals surface area contributed by atoms with E-state index in [2.05, 4.69) is 5.32 Å². The minimum atomic E-state index is -1.32. The van der Waals surface area contributed by atoms with E-state index in [9.17, 15) is 18.8 Å². The quantitative estimate of drug-likeness (QED) is 0.774. The van der Waals surface area contributed by atoms with Gasteiger partial charge in [0.25, 0.3) is 5.91 Å². The molecule has 2 unspecified atom stereocenters. The molecule has 0 spiro atoms. The molecule has 7 nitrogen and oxygen atoms in total. The standard InChI is InChI=1S/C18H23FN4O3/c1-17(10-20)7-8-22(11-17)14(24)9-23-15(25)18(2,21-16(23)26)12-3-5-13(19)6-4-12/h3-6H,7-11,20H2,1-2H3,(H,21,26). The first-order chi connectivity index (χ1) is 12.2. The van der Waals surface area contributed by atoms with Crippen LogP contribution < -0.4 is 11.1 Å². The summed E-state index contributed by atoms with van der Waals surface area (Å²) in [6.45, 7) is 4.79. The lowest BCUT2D eigenvalue weighted by Gasteiger charge is -2.24. The highest BCUT2D eigenvalue weighted by Crippen LogP contribution is 2.31. The van der Waals surface area contributed by atoms with E-state index in [-0.39, 0.29) is 17.9 Å². The molecule has 140 valence electrons. The average molecular weight is 362 g/mol. The van der Waals surface area contributed by atoms with Crippen LogP contribution >= 0.6 is 0 Å². The first kappa shape index (κ1) is 18.3. The van der Waals surface area contributed by atoms with E-state index >= 15 is 0 Å². The molecule has 2 atom stereocenters. The van der Waals surface area contributed by atoms with Crippen molar-refractivity contribution < 1.29 is 18.8 Å². The number of hydrogen-bond donors (Lipinski definition) is 2. The van der Waals surface area contributed by atoms with Crippen LogP contribution in [0.15, 0.2) is 24.3 Å². The molecule has 26 heavy (non-hydrogen) atoms. The van der Waals surface area contributed by atoms with Crippen LogP contribution in [0.2, 0.25) is 0 Å². The first-order valence-electron chi connectivity index (χ1n) is 8.56. The third-order valence-corrected chi connectivity index (χ3v) is 5.39. The number of halogens is 1. The van der Waals surface area contributed by atoms with Gasteiger partial charge in [0.05, 0.1) is 0 Å². The highest BCUT2D eigenvalue weighted by Gasteiger charge is 2.50. The number of nitrogens with one attached hydrogen (secondary N) is 1. The number of nitrogens with two attached hydrogens (primary N) is 1. The first-order valence-corrected chi connectivity index (χ1v) is 8.56. The molecule has 0 aliphatic carbocycles. The Morgan fingerprint density at radius 3 is 2.50 bits per heavy atom. The highest BCUT2D eigenvalue weighted by molar-refractivity contribution is 6.09. The second-order valence-corrected chi connectivity index (χ2v) is 7.53. The molecular formula is C18H23FN4O3. The number of nitrogens with zero attached hydrogens (tertiary/aromatic N) is 2. The maximum absolute atomic E-state index is 13.1. The topological polar surface area (TPSA) is 95.7 Å². The molecule has 0 aromatic heterocycles. The Hall–Kier alpha value is -2.48. The summed E-state index contributed by atoms with van der Waals surface area (Å²) >= 11 is 0. The van der Waals surface area contributed by atoms with Gasteiger partial charge in [-0.3, -0.25) is 14.5 Å². The van der Waals surface area contributed by atoms with E-state index in [0.717, 1.165) is 11.3 Å². The zero-order valence-corrected chi connectivity index (χ0v) is 14.9. The smallest absolute Gasteiger partial charge is 0.325 e. The molecule has 1 aromatic rings. The van der Waals surface area contributed by atoms with E-state index in [1.54, 1.807) is 11.8 Å². The molecule has 4 amide bonds.